The summed E-state index contributed by atoms with van der Waals surface area (Å²) in [5.74, 6) is 0.491. The van der Waals surface area contributed by atoms with Gasteiger partial charge in [0.05, 0.1) is 11.9 Å². The number of nitrogens with one attached hydrogen (secondary N) is 2. The van der Waals surface area contributed by atoms with Crippen LogP contribution >= 0.6 is 34.7 Å². The molecule has 0 spiro atoms. The van der Waals surface area contributed by atoms with Crippen LogP contribution < -0.4 is 15.4 Å². The van der Waals surface area contributed by atoms with Gasteiger partial charge in [-0.2, -0.15) is 0 Å². The monoisotopic (exact) mass is 476 g/mol. The summed E-state index contributed by atoms with van der Waals surface area (Å²) in [6.45, 7) is 4.36. The lowest BCUT2D eigenvalue weighted by Gasteiger charge is -2.10. The Morgan fingerprint density at radius 1 is 1.10 bits per heavy atom. The van der Waals surface area contributed by atoms with E-state index < -0.39 is 0 Å². The van der Waals surface area contributed by atoms with Crippen LogP contribution in [0.5, 0.6) is 5.75 Å². The number of amides is 2. The number of hydrogen-bond acceptors (Lipinski definition) is 7. The first-order chi connectivity index (χ1) is 14.9. The summed E-state index contributed by atoms with van der Waals surface area (Å²) >= 11 is 8.20. The summed E-state index contributed by atoms with van der Waals surface area (Å²) in [4.78, 5) is 24.4. The lowest BCUT2D eigenvalue weighted by molar-refractivity contribution is -0.118. The van der Waals surface area contributed by atoms with Crippen LogP contribution in [0.4, 0.5) is 5.69 Å². The first-order valence-corrected chi connectivity index (χ1v) is 11.6. The SMILES string of the molecule is CC(C)Oc1ccc(CNC(=O)CSc2nnc(C(=O)Nc3ccc(Cl)cc3)s2)cc1. The average Bonchev–Trinajstić information content (AvgIpc) is 3.22. The number of carbonyl (C=O) groups is 2. The molecule has 0 fully saturated rings. The van der Waals surface area contributed by atoms with Gasteiger partial charge in [-0.1, -0.05) is 46.8 Å². The first kappa shape index (κ1) is 23.1. The fraction of sp³-hybridized carbons (Fsp3) is 0.238. The fourth-order valence-corrected chi connectivity index (χ4v) is 4.12. The number of nitrogens with zero attached hydrogens (tertiary/aromatic N) is 2. The summed E-state index contributed by atoms with van der Waals surface area (Å²) in [6, 6.07) is 14.4. The van der Waals surface area contributed by atoms with Gasteiger partial charge < -0.3 is 15.4 Å². The van der Waals surface area contributed by atoms with Crippen molar-refractivity contribution in [2.75, 3.05) is 11.1 Å². The standard InChI is InChI=1S/C21H21ClN4O3S2/c1-13(2)29-17-9-3-14(4-10-17)11-23-18(27)12-30-21-26-25-20(31-21)19(28)24-16-7-5-15(22)6-8-16/h3-10,13H,11-12H2,1-2H3,(H,23,27)(H,24,28). The van der Waals surface area contributed by atoms with Crippen LogP contribution in [0.3, 0.4) is 0 Å². The van der Waals surface area contributed by atoms with E-state index in [0.29, 0.717) is 21.6 Å². The number of rotatable bonds is 9. The average molecular weight is 477 g/mol. The van der Waals surface area contributed by atoms with Crippen molar-refractivity contribution < 1.29 is 14.3 Å². The number of hydrogen-bond donors (Lipinski definition) is 2. The van der Waals surface area contributed by atoms with Gasteiger partial charge in [0.1, 0.15) is 5.75 Å². The number of aromatic nitrogens is 2. The quantitative estimate of drug-likeness (QED) is 0.437. The molecule has 2 amide bonds. The topological polar surface area (TPSA) is 93.2 Å². The van der Waals surface area contributed by atoms with Crippen molar-refractivity contribution in [3.8, 4) is 5.75 Å². The fourth-order valence-electron chi connectivity index (χ4n) is 2.41. The van der Waals surface area contributed by atoms with Gasteiger partial charge in [0.2, 0.25) is 10.9 Å². The molecule has 0 bridgehead atoms. The Labute approximate surface area is 193 Å². The Bertz CT molecular complexity index is 1020. The van der Waals surface area contributed by atoms with Crippen molar-refractivity contribution in [1.29, 1.82) is 0 Å². The van der Waals surface area contributed by atoms with Crippen molar-refractivity contribution in [2.45, 2.75) is 30.8 Å². The van der Waals surface area contributed by atoms with Crippen molar-refractivity contribution in [3.63, 3.8) is 0 Å². The molecule has 3 rings (SSSR count). The van der Waals surface area contributed by atoms with Crippen molar-refractivity contribution >= 4 is 52.2 Å². The highest BCUT2D eigenvalue weighted by Gasteiger charge is 2.14. The molecule has 0 saturated carbocycles. The molecular weight excluding hydrogens is 456 g/mol. The highest BCUT2D eigenvalue weighted by molar-refractivity contribution is 8.01. The van der Waals surface area contributed by atoms with Crippen LogP contribution in [-0.2, 0) is 11.3 Å². The minimum Gasteiger partial charge on any atom is -0.491 e. The largest absolute Gasteiger partial charge is 0.491 e. The lowest BCUT2D eigenvalue weighted by Crippen LogP contribution is -2.24. The second kappa shape index (κ2) is 11.1. The Balaban J connectivity index is 1.42. The molecule has 0 aliphatic rings. The summed E-state index contributed by atoms with van der Waals surface area (Å²) in [5, 5.41) is 14.3. The van der Waals surface area contributed by atoms with Gasteiger partial charge >= 0.3 is 0 Å². The molecule has 0 saturated heterocycles. The Hall–Kier alpha value is -2.62. The highest BCUT2D eigenvalue weighted by Crippen LogP contribution is 2.23. The van der Waals surface area contributed by atoms with E-state index in [4.69, 9.17) is 16.3 Å². The zero-order chi connectivity index (χ0) is 22.2. The van der Waals surface area contributed by atoms with Gasteiger partial charge in [-0.15, -0.1) is 10.2 Å². The molecule has 10 heteroatoms. The lowest BCUT2D eigenvalue weighted by atomic mass is 10.2. The minimum absolute atomic E-state index is 0.118. The molecule has 0 atom stereocenters. The smallest absolute Gasteiger partial charge is 0.286 e. The van der Waals surface area contributed by atoms with E-state index in [9.17, 15) is 9.59 Å². The number of thioether (sulfide) groups is 1. The number of halogens is 1. The summed E-state index contributed by atoms with van der Waals surface area (Å²) < 4.78 is 6.15. The Kier molecular flexibility index (Phi) is 8.27. The van der Waals surface area contributed by atoms with Gasteiger partial charge in [0.25, 0.3) is 5.91 Å². The van der Waals surface area contributed by atoms with E-state index in [1.165, 1.54) is 11.8 Å². The Morgan fingerprint density at radius 2 is 1.81 bits per heavy atom. The molecule has 0 aliphatic carbocycles. The summed E-state index contributed by atoms with van der Waals surface area (Å²) in [6.07, 6.45) is 0.118. The second-order valence-electron chi connectivity index (χ2n) is 6.71. The van der Waals surface area contributed by atoms with E-state index in [1.54, 1.807) is 24.3 Å². The van der Waals surface area contributed by atoms with E-state index >= 15 is 0 Å². The molecule has 0 aliphatic heterocycles. The van der Waals surface area contributed by atoms with Crippen molar-refractivity contribution in [3.05, 3.63) is 64.1 Å². The van der Waals surface area contributed by atoms with Crippen LogP contribution in [0.2, 0.25) is 5.02 Å². The molecular formula is C21H21ClN4O3S2. The van der Waals surface area contributed by atoms with Crippen LogP contribution in [0.1, 0.15) is 29.2 Å². The maximum atomic E-state index is 12.3. The van der Waals surface area contributed by atoms with E-state index in [-0.39, 0.29) is 28.7 Å². The van der Waals surface area contributed by atoms with Crippen molar-refractivity contribution in [2.24, 2.45) is 0 Å². The van der Waals surface area contributed by atoms with Crippen LogP contribution in [0.15, 0.2) is 52.9 Å². The second-order valence-corrected chi connectivity index (χ2v) is 9.35. The van der Waals surface area contributed by atoms with Gasteiger partial charge in [-0.25, -0.2) is 0 Å². The summed E-state index contributed by atoms with van der Waals surface area (Å²) in [7, 11) is 0. The van der Waals surface area contributed by atoms with Crippen molar-refractivity contribution in [1.82, 2.24) is 15.5 Å². The molecule has 2 N–H and O–H groups in total. The molecule has 1 heterocycles. The van der Waals surface area contributed by atoms with Crippen LogP contribution in [-0.4, -0.2) is 33.9 Å². The molecule has 0 unspecified atom stereocenters. The van der Waals surface area contributed by atoms with Gasteiger partial charge in [0, 0.05) is 17.3 Å². The number of anilines is 1. The third kappa shape index (κ3) is 7.54. The van der Waals surface area contributed by atoms with E-state index in [1.807, 2.05) is 38.1 Å². The normalized spacial score (nSPS) is 10.7. The molecule has 162 valence electrons. The Morgan fingerprint density at radius 3 is 2.48 bits per heavy atom. The third-order valence-electron chi connectivity index (χ3n) is 3.81. The number of benzene rings is 2. The molecule has 0 radical (unpaired) electrons. The molecule has 31 heavy (non-hydrogen) atoms. The number of ether oxygens (including phenoxy) is 1. The zero-order valence-corrected chi connectivity index (χ0v) is 19.3. The maximum Gasteiger partial charge on any atom is 0.286 e. The predicted octanol–water partition coefficient (Wildman–Crippen LogP) is 4.64. The molecule has 7 nitrogen and oxygen atoms in total. The number of carbonyl (C=O) groups excluding carboxylic acids is 2. The molecule has 3 aromatic rings. The van der Waals surface area contributed by atoms with Gasteiger partial charge in [-0.3, -0.25) is 9.59 Å². The third-order valence-corrected chi connectivity index (χ3v) is 6.12. The van der Waals surface area contributed by atoms with Gasteiger partial charge in [0.15, 0.2) is 4.34 Å². The minimum atomic E-state index is -0.360. The highest BCUT2D eigenvalue weighted by atomic mass is 35.5. The first-order valence-electron chi connectivity index (χ1n) is 9.44. The zero-order valence-electron chi connectivity index (χ0n) is 16.9. The molecule has 1 aromatic heterocycles. The predicted molar refractivity (Wildman–Crippen MR) is 124 cm³/mol. The molecule has 2 aromatic carbocycles. The van der Waals surface area contributed by atoms with Gasteiger partial charge in [-0.05, 0) is 55.8 Å². The van der Waals surface area contributed by atoms with E-state index in [0.717, 1.165) is 22.6 Å². The van der Waals surface area contributed by atoms with E-state index in [2.05, 4.69) is 20.8 Å². The van der Waals surface area contributed by atoms with Crippen LogP contribution in [0.25, 0.3) is 0 Å². The summed E-state index contributed by atoms with van der Waals surface area (Å²) in [5.41, 5.74) is 1.59. The maximum absolute atomic E-state index is 12.3. The van der Waals surface area contributed by atoms with Crippen LogP contribution in [0, 0.1) is 0 Å².